The summed E-state index contributed by atoms with van der Waals surface area (Å²) in [5, 5.41) is 8.65. The molecule has 0 heterocycles. The molecule has 0 N–H and O–H groups in total. The molecule has 0 spiro atoms. The molecule has 0 bridgehead atoms. The van der Waals surface area contributed by atoms with Crippen molar-refractivity contribution in [3.63, 3.8) is 0 Å². The average molecular weight is 258 g/mol. The quantitative estimate of drug-likeness (QED) is 0.736. The monoisotopic (exact) mass is 258 g/mol. The van der Waals surface area contributed by atoms with Gasteiger partial charge in [0.25, 0.3) is 0 Å². The number of aryl methyl sites for hydroxylation is 2. The number of rotatable bonds is 6. The van der Waals surface area contributed by atoms with Crippen LogP contribution < -0.4 is 0 Å². The number of Topliss-reactive ketones (excluding diaryl/α,β-unsaturated/α-hetero) is 1. The number of benzene rings is 1. The number of nitriles is 1. The standard InChI is InChI=1S/C16H22N2O/c1-12(2)18(9-5-8-17)11-16(19)15-7-6-13(3)14(4)10-15/h6-7,10,12H,5,9,11H2,1-4H3. The summed E-state index contributed by atoms with van der Waals surface area (Å²) in [6, 6.07) is 8.21. The normalized spacial score (nSPS) is 10.8. The number of carbonyl (C=O) groups is 1. The van der Waals surface area contributed by atoms with Gasteiger partial charge in [0.15, 0.2) is 5.78 Å². The van der Waals surface area contributed by atoms with E-state index >= 15 is 0 Å². The van der Waals surface area contributed by atoms with Crippen LogP contribution in [-0.2, 0) is 0 Å². The Labute approximate surface area is 115 Å². The van der Waals surface area contributed by atoms with Crippen LogP contribution in [-0.4, -0.2) is 29.8 Å². The molecule has 1 rings (SSSR count). The number of carbonyl (C=O) groups excluding carboxylic acids is 1. The Morgan fingerprint density at radius 3 is 2.53 bits per heavy atom. The van der Waals surface area contributed by atoms with Crippen molar-refractivity contribution in [3.8, 4) is 6.07 Å². The van der Waals surface area contributed by atoms with E-state index in [9.17, 15) is 4.79 Å². The molecule has 0 unspecified atom stereocenters. The predicted molar refractivity (Wildman–Crippen MR) is 77.2 cm³/mol. The van der Waals surface area contributed by atoms with Crippen molar-refractivity contribution in [2.75, 3.05) is 13.1 Å². The highest BCUT2D eigenvalue weighted by Gasteiger charge is 2.15. The van der Waals surface area contributed by atoms with Gasteiger partial charge in [-0.3, -0.25) is 9.69 Å². The highest BCUT2D eigenvalue weighted by molar-refractivity contribution is 5.97. The fourth-order valence-corrected chi connectivity index (χ4v) is 1.90. The van der Waals surface area contributed by atoms with Gasteiger partial charge in [0.05, 0.1) is 12.6 Å². The zero-order valence-corrected chi connectivity index (χ0v) is 12.2. The van der Waals surface area contributed by atoms with Gasteiger partial charge in [0.1, 0.15) is 0 Å². The van der Waals surface area contributed by atoms with Gasteiger partial charge in [-0.1, -0.05) is 12.1 Å². The largest absolute Gasteiger partial charge is 0.293 e. The molecule has 0 radical (unpaired) electrons. The maximum Gasteiger partial charge on any atom is 0.176 e. The maximum absolute atomic E-state index is 12.3. The third-order valence-electron chi connectivity index (χ3n) is 3.42. The Kier molecular flexibility index (Phi) is 5.72. The zero-order valence-electron chi connectivity index (χ0n) is 12.2. The Bertz CT molecular complexity index is 486. The van der Waals surface area contributed by atoms with E-state index in [2.05, 4.69) is 6.07 Å². The first kappa shape index (κ1) is 15.4. The van der Waals surface area contributed by atoms with Crippen LogP contribution in [0.5, 0.6) is 0 Å². The van der Waals surface area contributed by atoms with Crippen LogP contribution in [0.4, 0.5) is 0 Å². The van der Waals surface area contributed by atoms with Crippen LogP contribution in [0, 0.1) is 25.2 Å². The maximum atomic E-state index is 12.3. The van der Waals surface area contributed by atoms with Gasteiger partial charge in [0, 0.05) is 24.6 Å². The lowest BCUT2D eigenvalue weighted by atomic mass is 10.0. The van der Waals surface area contributed by atoms with Crippen molar-refractivity contribution < 1.29 is 4.79 Å². The molecule has 19 heavy (non-hydrogen) atoms. The Morgan fingerprint density at radius 2 is 2.00 bits per heavy atom. The van der Waals surface area contributed by atoms with Gasteiger partial charge in [0.2, 0.25) is 0 Å². The first-order valence-electron chi connectivity index (χ1n) is 6.67. The molecular formula is C16H22N2O. The molecule has 0 atom stereocenters. The van der Waals surface area contributed by atoms with Crippen molar-refractivity contribution in [2.24, 2.45) is 0 Å². The van der Waals surface area contributed by atoms with E-state index in [1.54, 1.807) is 0 Å². The van der Waals surface area contributed by atoms with Crippen molar-refractivity contribution >= 4 is 5.78 Å². The molecule has 0 saturated carbocycles. The SMILES string of the molecule is Cc1ccc(C(=O)CN(CCC#N)C(C)C)cc1C. The highest BCUT2D eigenvalue weighted by atomic mass is 16.1. The molecule has 3 heteroatoms. The average Bonchev–Trinajstić information content (AvgIpc) is 2.37. The molecule has 102 valence electrons. The summed E-state index contributed by atoms with van der Waals surface area (Å²) in [4.78, 5) is 14.3. The Balaban J connectivity index is 2.76. The number of hydrogen-bond acceptors (Lipinski definition) is 3. The van der Waals surface area contributed by atoms with Gasteiger partial charge in [-0.05, 0) is 44.9 Å². The van der Waals surface area contributed by atoms with E-state index in [0.29, 0.717) is 19.5 Å². The van der Waals surface area contributed by atoms with E-state index in [-0.39, 0.29) is 11.8 Å². The van der Waals surface area contributed by atoms with Crippen LogP contribution in [0.2, 0.25) is 0 Å². The summed E-state index contributed by atoms with van der Waals surface area (Å²) in [6.45, 7) is 9.17. The molecule has 0 saturated heterocycles. The first-order valence-corrected chi connectivity index (χ1v) is 6.67. The summed E-state index contributed by atoms with van der Waals surface area (Å²) >= 11 is 0. The summed E-state index contributed by atoms with van der Waals surface area (Å²) in [6.07, 6.45) is 0.457. The minimum Gasteiger partial charge on any atom is -0.293 e. The van der Waals surface area contributed by atoms with Crippen molar-refractivity contribution in [2.45, 2.75) is 40.2 Å². The third kappa shape index (κ3) is 4.50. The first-order chi connectivity index (χ1) is 8.95. The van der Waals surface area contributed by atoms with Crippen LogP contribution in [0.3, 0.4) is 0 Å². The van der Waals surface area contributed by atoms with Gasteiger partial charge >= 0.3 is 0 Å². The molecule has 0 aromatic heterocycles. The smallest absolute Gasteiger partial charge is 0.176 e. The fraction of sp³-hybridized carbons (Fsp3) is 0.500. The summed E-state index contributed by atoms with van der Waals surface area (Å²) in [7, 11) is 0. The molecule has 0 fully saturated rings. The summed E-state index contributed by atoms with van der Waals surface area (Å²) < 4.78 is 0. The van der Waals surface area contributed by atoms with E-state index < -0.39 is 0 Å². The van der Waals surface area contributed by atoms with Crippen LogP contribution in [0.15, 0.2) is 18.2 Å². The van der Waals surface area contributed by atoms with Gasteiger partial charge in [-0.15, -0.1) is 0 Å². The molecule has 0 amide bonds. The molecule has 1 aromatic carbocycles. The van der Waals surface area contributed by atoms with E-state index in [4.69, 9.17) is 5.26 Å². The molecule has 3 nitrogen and oxygen atoms in total. The number of ketones is 1. The lowest BCUT2D eigenvalue weighted by Crippen LogP contribution is -2.36. The second kappa shape index (κ2) is 7.06. The molecule has 0 aliphatic rings. The number of nitrogens with zero attached hydrogens (tertiary/aromatic N) is 2. The Morgan fingerprint density at radius 1 is 1.32 bits per heavy atom. The fourth-order valence-electron chi connectivity index (χ4n) is 1.90. The predicted octanol–water partition coefficient (Wildman–Crippen LogP) is 3.11. The van der Waals surface area contributed by atoms with Crippen molar-refractivity contribution in [1.82, 2.24) is 4.90 Å². The second-order valence-corrected chi connectivity index (χ2v) is 5.19. The summed E-state index contributed by atoms with van der Waals surface area (Å²) in [5.41, 5.74) is 3.09. The van der Waals surface area contributed by atoms with Crippen LogP contribution >= 0.6 is 0 Å². The topological polar surface area (TPSA) is 44.1 Å². The molecular weight excluding hydrogens is 236 g/mol. The van der Waals surface area contributed by atoms with Crippen molar-refractivity contribution in [1.29, 1.82) is 5.26 Å². The number of hydrogen-bond donors (Lipinski definition) is 0. The molecule has 1 aromatic rings. The second-order valence-electron chi connectivity index (χ2n) is 5.19. The van der Waals surface area contributed by atoms with E-state index in [1.807, 2.05) is 50.8 Å². The third-order valence-corrected chi connectivity index (χ3v) is 3.42. The van der Waals surface area contributed by atoms with Gasteiger partial charge < -0.3 is 0 Å². The van der Waals surface area contributed by atoms with E-state index in [1.165, 1.54) is 5.56 Å². The van der Waals surface area contributed by atoms with Gasteiger partial charge in [-0.25, -0.2) is 0 Å². The molecule has 0 aliphatic carbocycles. The highest BCUT2D eigenvalue weighted by Crippen LogP contribution is 2.12. The minimum atomic E-state index is 0.120. The van der Waals surface area contributed by atoms with E-state index in [0.717, 1.165) is 11.1 Å². The minimum absolute atomic E-state index is 0.120. The molecule has 0 aliphatic heterocycles. The lowest BCUT2D eigenvalue weighted by molar-refractivity contribution is 0.0908. The van der Waals surface area contributed by atoms with Gasteiger partial charge in [-0.2, -0.15) is 5.26 Å². The van der Waals surface area contributed by atoms with Crippen LogP contribution in [0.1, 0.15) is 41.8 Å². The lowest BCUT2D eigenvalue weighted by Gasteiger charge is -2.24. The van der Waals surface area contributed by atoms with Crippen LogP contribution in [0.25, 0.3) is 0 Å². The Hall–Kier alpha value is -1.66. The summed E-state index contributed by atoms with van der Waals surface area (Å²) in [5.74, 6) is 0.120. The van der Waals surface area contributed by atoms with Crippen molar-refractivity contribution in [3.05, 3.63) is 34.9 Å². The zero-order chi connectivity index (χ0) is 14.4.